The Kier molecular flexibility index (Phi) is 14.4. The average Bonchev–Trinajstić information content (AvgIpc) is 3.28. The summed E-state index contributed by atoms with van der Waals surface area (Å²) in [5, 5.41) is 143. The fraction of sp³-hybridized carbons (Fsp3) is 0.958. The Morgan fingerprint density at radius 2 is 1.18 bits per heavy atom. The lowest BCUT2D eigenvalue weighted by atomic mass is 9.33. The molecule has 4 unspecified atom stereocenters. The molecule has 0 aromatic rings. The first-order valence-corrected chi connectivity index (χ1v) is 24.5. The molecular weight excluding hydrogens is 881 g/mol. The maximum atomic E-state index is 12.6. The van der Waals surface area contributed by atoms with Crippen LogP contribution in [0, 0.1) is 50.2 Å². The zero-order valence-corrected chi connectivity index (χ0v) is 40.0. The van der Waals surface area contributed by atoms with Crippen LogP contribution in [0.5, 0.6) is 0 Å². The van der Waals surface area contributed by atoms with Gasteiger partial charge in [-0.25, -0.2) is 0 Å². The molecule has 19 nitrogen and oxygen atoms in total. The third-order valence-electron chi connectivity index (χ3n) is 19.5. The number of hydrogen-bond donors (Lipinski definition) is 13. The predicted octanol–water partition coefficient (Wildman–Crippen LogP) is -1.44. The molecule has 0 bridgehead atoms. The lowest BCUT2D eigenvalue weighted by Gasteiger charge is -2.72. The van der Waals surface area contributed by atoms with Crippen molar-refractivity contribution < 1.29 is 94.8 Å². The van der Waals surface area contributed by atoms with Crippen molar-refractivity contribution in [1.82, 2.24) is 0 Å². The number of aliphatic hydroxyl groups excluding tert-OH is 13. The third-order valence-corrected chi connectivity index (χ3v) is 19.5. The van der Waals surface area contributed by atoms with E-state index in [0.29, 0.717) is 38.5 Å². The van der Waals surface area contributed by atoms with Crippen LogP contribution in [0.2, 0.25) is 0 Å². The minimum Gasteiger partial charge on any atom is -0.396 e. The molecule has 19 heteroatoms. The fourth-order valence-corrected chi connectivity index (χ4v) is 15.3. The molecule has 13 N–H and O–H groups in total. The molecule has 386 valence electrons. The lowest BCUT2D eigenvalue weighted by Crippen LogP contribution is -2.70. The summed E-state index contributed by atoms with van der Waals surface area (Å²) in [5.74, 6) is -0.654. The first kappa shape index (κ1) is 52.3. The summed E-state index contributed by atoms with van der Waals surface area (Å²) in [7, 11) is 0. The van der Waals surface area contributed by atoms with Gasteiger partial charge in [-0.3, -0.25) is 0 Å². The molecule has 5 aliphatic carbocycles. The van der Waals surface area contributed by atoms with Gasteiger partial charge in [0.05, 0.1) is 50.8 Å². The van der Waals surface area contributed by atoms with E-state index in [1.807, 2.05) is 13.0 Å². The van der Waals surface area contributed by atoms with E-state index >= 15 is 0 Å². The van der Waals surface area contributed by atoms with E-state index in [-0.39, 0.29) is 36.4 Å². The maximum absolute atomic E-state index is 12.6. The molecule has 26 atom stereocenters. The Hall–Kier alpha value is -1.02. The van der Waals surface area contributed by atoms with Gasteiger partial charge in [0.1, 0.15) is 67.1 Å². The van der Waals surface area contributed by atoms with Crippen molar-refractivity contribution in [3.8, 4) is 0 Å². The number of hydrogen-bond acceptors (Lipinski definition) is 19. The SMILES string of the molecule is C[C@H]1O[C@@H](O[C@H]2CC[C@@]3(C)C(CC[C@]4(C)C3[C@H](O)C=C3C5CC(C)(C)CCC5(CO)[C@@H](O)C[C@]34C)[C@]2(C)CO)[C@H](O[C@@H]2O[C@H](CO)[C@@H](O)[C@H](O)[C@H]2O)[C@@H](O[C@@H]2O[C@H](CO)[C@@H](O)[C@H](O)[C@H]2O)[C@H]1O. The molecule has 0 amide bonds. The largest absolute Gasteiger partial charge is 0.396 e. The van der Waals surface area contributed by atoms with Crippen LogP contribution in [0.4, 0.5) is 0 Å². The van der Waals surface area contributed by atoms with Gasteiger partial charge >= 0.3 is 0 Å². The molecule has 8 rings (SSSR count). The van der Waals surface area contributed by atoms with Gasteiger partial charge in [0.15, 0.2) is 18.9 Å². The van der Waals surface area contributed by atoms with Gasteiger partial charge in [-0.1, -0.05) is 53.2 Å². The van der Waals surface area contributed by atoms with Gasteiger partial charge in [-0.15, -0.1) is 0 Å². The normalized spacial score (nSPS) is 56.5. The van der Waals surface area contributed by atoms with Crippen LogP contribution in [0.15, 0.2) is 11.6 Å². The first-order chi connectivity index (χ1) is 31.3. The Balaban J connectivity index is 1.12. The number of allylic oxidation sites excluding steroid dienone is 1. The van der Waals surface area contributed by atoms with Crippen LogP contribution in [0.3, 0.4) is 0 Å². The van der Waals surface area contributed by atoms with E-state index in [9.17, 15) is 66.4 Å². The zero-order chi connectivity index (χ0) is 49.1. The van der Waals surface area contributed by atoms with Gasteiger partial charge in [-0.05, 0) is 91.8 Å². The first-order valence-electron chi connectivity index (χ1n) is 24.5. The molecule has 3 aliphatic heterocycles. The molecule has 8 aliphatic rings. The Morgan fingerprint density at radius 1 is 0.597 bits per heavy atom. The summed E-state index contributed by atoms with van der Waals surface area (Å²) in [4.78, 5) is 0. The van der Waals surface area contributed by atoms with E-state index in [2.05, 4.69) is 34.6 Å². The van der Waals surface area contributed by atoms with E-state index in [1.165, 1.54) is 6.92 Å². The summed E-state index contributed by atoms with van der Waals surface area (Å²) in [5.41, 5.74) is -2.16. The topological polar surface area (TPSA) is 318 Å². The number of aliphatic hydroxyl groups is 13. The third kappa shape index (κ3) is 8.05. The molecule has 3 heterocycles. The van der Waals surface area contributed by atoms with Crippen molar-refractivity contribution in [3.05, 3.63) is 11.6 Å². The van der Waals surface area contributed by atoms with Crippen molar-refractivity contribution in [1.29, 1.82) is 0 Å². The Labute approximate surface area is 392 Å². The highest BCUT2D eigenvalue weighted by molar-refractivity contribution is 5.37. The second-order valence-corrected chi connectivity index (χ2v) is 23.6. The summed E-state index contributed by atoms with van der Waals surface area (Å²) < 4.78 is 37.1. The molecular formula is C48H80O19. The maximum Gasteiger partial charge on any atom is 0.187 e. The van der Waals surface area contributed by atoms with Crippen molar-refractivity contribution in [3.63, 3.8) is 0 Å². The molecule has 7 fully saturated rings. The van der Waals surface area contributed by atoms with Gasteiger partial charge in [0, 0.05) is 16.7 Å². The molecule has 0 radical (unpaired) electrons. The molecule has 0 spiro atoms. The summed E-state index contributed by atoms with van der Waals surface area (Å²) in [6, 6.07) is 0. The summed E-state index contributed by atoms with van der Waals surface area (Å²) >= 11 is 0. The summed E-state index contributed by atoms with van der Waals surface area (Å²) in [6.07, 6.45) is -20.1. The zero-order valence-electron chi connectivity index (χ0n) is 40.0. The fourth-order valence-electron chi connectivity index (χ4n) is 15.3. The minimum atomic E-state index is -1.91. The van der Waals surface area contributed by atoms with Crippen LogP contribution in [-0.4, -0.2) is 203 Å². The molecule has 0 aromatic heterocycles. The van der Waals surface area contributed by atoms with E-state index in [1.54, 1.807) is 0 Å². The number of fused-ring (bicyclic) bond motifs is 7. The Bertz CT molecular complexity index is 1790. The van der Waals surface area contributed by atoms with Crippen molar-refractivity contribution >= 4 is 0 Å². The quantitative estimate of drug-likeness (QED) is 0.0881. The van der Waals surface area contributed by atoms with E-state index in [4.69, 9.17) is 28.4 Å². The van der Waals surface area contributed by atoms with Gasteiger partial charge in [0.25, 0.3) is 0 Å². The van der Waals surface area contributed by atoms with E-state index < -0.39 is 151 Å². The number of rotatable bonds is 10. The van der Waals surface area contributed by atoms with Crippen LogP contribution in [0.25, 0.3) is 0 Å². The van der Waals surface area contributed by atoms with Gasteiger partial charge < -0.3 is 94.8 Å². The highest BCUT2D eigenvalue weighted by Gasteiger charge is 2.72. The Morgan fingerprint density at radius 3 is 1.73 bits per heavy atom. The minimum absolute atomic E-state index is 0.0152. The summed E-state index contributed by atoms with van der Waals surface area (Å²) in [6.45, 7) is 12.6. The van der Waals surface area contributed by atoms with Crippen LogP contribution in [-0.2, 0) is 28.4 Å². The van der Waals surface area contributed by atoms with Crippen LogP contribution >= 0.6 is 0 Å². The van der Waals surface area contributed by atoms with Crippen molar-refractivity contribution in [2.45, 2.75) is 210 Å². The smallest absolute Gasteiger partial charge is 0.187 e. The van der Waals surface area contributed by atoms with E-state index in [0.717, 1.165) is 18.4 Å². The van der Waals surface area contributed by atoms with Gasteiger partial charge in [0.2, 0.25) is 0 Å². The van der Waals surface area contributed by atoms with Crippen LogP contribution < -0.4 is 0 Å². The highest BCUT2D eigenvalue weighted by Crippen LogP contribution is 2.76. The molecule has 3 saturated heterocycles. The monoisotopic (exact) mass is 961 g/mol. The second-order valence-electron chi connectivity index (χ2n) is 23.6. The highest BCUT2D eigenvalue weighted by atomic mass is 16.8. The van der Waals surface area contributed by atoms with Crippen LogP contribution in [0.1, 0.15) is 99.8 Å². The standard InChI is InChI=1S/C48H80O19/c1-21-30(55)37(66-40-35(60)33(58)31(56)25(17-49)63-40)38(67-41-36(61)34(59)32(57)26(18-50)64-41)42(62-21)65-29-9-10-44(4)27(45(29,5)19-51)8-11-46(6)39(44)24(53)14-22-23-15-43(2,3)12-13-48(23,20-52)28(54)16-47(22,46)7/h14,21,23-42,49-61H,8-13,15-20H2,1-7H3/t21-,23?,24-,25-,26-,27?,28+,29+,30+,31-,32-,33+,34+,35-,36-,37+,38-,39?,40+,41+,42+,44+,45+,46-,47-,48?/m1/s1. The average molecular weight is 961 g/mol. The number of ether oxygens (including phenoxy) is 6. The molecule has 67 heavy (non-hydrogen) atoms. The van der Waals surface area contributed by atoms with Gasteiger partial charge in [-0.2, -0.15) is 0 Å². The lowest BCUT2D eigenvalue weighted by molar-refractivity contribution is -0.398. The van der Waals surface area contributed by atoms with Crippen molar-refractivity contribution in [2.75, 3.05) is 26.4 Å². The second kappa shape index (κ2) is 18.5. The van der Waals surface area contributed by atoms with Crippen molar-refractivity contribution in [2.24, 2.45) is 50.2 Å². The molecule has 4 saturated carbocycles. The molecule has 0 aromatic carbocycles. The predicted molar refractivity (Wildman–Crippen MR) is 233 cm³/mol.